The Kier molecular flexibility index (Phi) is 3.95. The van der Waals surface area contributed by atoms with Gasteiger partial charge in [0.15, 0.2) is 5.11 Å². The van der Waals surface area contributed by atoms with E-state index in [0.29, 0.717) is 5.56 Å². The highest BCUT2D eigenvalue weighted by atomic mass is 32.1. The van der Waals surface area contributed by atoms with Crippen molar-refractivity contribution in [3.63, 3.8) is 0 Å². The maximum Gasteiger partial charge on any atom is 0.273 e. The third kappa shape index (κ3) is 2.71. The van der Waals surface area contributed by atoms with Gasteiger partial charge in [-0.2, -0.15) is 0 Å². The van der Waals surface area contributed by atoms with Gasteiger partial charge in [-0.25, -0.2) is 4.39 Å². The lowest BCUT2D eigenvalue weighted by atomic mass is 9.88. The van der Waals surface area contributed by atoms with E-state index in [2.05, 4.69) is 42.4 Å². The number of benzene rings is 1. The lowest BCUT2D eigenvalue weighted by Crippen LogP contribution is -2.45. The Morgan fingerprint density at radius 2 is 2.04 bits per heavy atom. The first kappa shape index (κ1) is 16.6. The van der Waals surface area contributed by atoms with Gasteiger partial charge in [0.05, 0.1) is 5.54 Å². The van der Waals surface area contributed by atoms with E-state index in [1.807, 2.05) is 6.92 Å². The summed E-state index contributed by atoms with van der Waals surface area (Å²) in [6, 6.07) is 3.34. The average Bonchev–Trinajstić information content (AvgIpc) is 2.78. The summed E-state index contributed by atoms with van der Waals surface area (Å²) < 4.78 is 14.7. The van der Waals surface area contributed by atoms with Crippen LogP contribution in [0.2, 0.25) is 0 Å². The maximum absolute atomic E-state index is 14.7. The van der Waals surface area contributed by atoms with Gasteiger partial charge in [-0.05, 0) is 63.7 Å². The second-order valence-electron chi connectivity index (χ2n) is 6.58. The summed E-state index contributed by atoms with van der Waals surface area (Å²) in [5.41, 5.74) is 3.39. The van der Waals surface area contributed by atoms with Gasteiger partial charge in [-0.1, -0.05) is 6.08 Å². The molecule has 1 amide bonds. The number of anilines is 1. The van der Waals surface area contributed by atoms with Crippen molar-refractivity contribution >= 4 is 40.6 Å². The fourth-order valence-corrected chi connectivity index (χ4v) is 3.64. The SMILES string of the molecule is CCN1c2cc(F)c(/C=C3\NC(=S)NC3=O)cc2C(C)=CC1(C)C. The van der Waals surface area contributed by atoms with Crippen molar-refractivity contribution in [2.75, 3.05) is 11.4 Å². The van der Waals surface area contributed by atoms with Crippen molar-refractivity contribution < 1.29 is 9.18 Å². The third-order valence-electron chi connectivity index (χ3n) is 4.43. The Morgan fingerprint density at radius 3 is 2.62 bits per heavy atom. The van der Waals surface area contributed by atoms with Gasteiger partial charge in [0, 0.05) is 23.4 Å². The Hall–Kier alpha value is -2.21. The molecule has 2 aliphatic heterocycles. The number of nitrogens with one attached hydrogen (secondary N) is 2. The molecule has 1 saturated heterocycles. The fraction of sp³-hybridized carbons (Fsp3) is 0.333. The number of carbonyl (C=O) groups is 1. The number of carbonyl (C=O) groups excluding carboxylic acids is 1. The van der Waals surface area contributed by atoms with Crippen LogP contribution in [0, 0.1) is 5.82 Å². The van der Waals surface area contributed by atoms with Crippen molar-refractivity contribution in [3.8, 4) is 0 Å². The molecule has 0 saturated carbocycles. The number of thiocarbonyl (C=S) groups is 1. The monoisotopic (exact) mass is 345 g/mol. The lowest BCUT2D eigenvalue weighted by molar-refractivity contribution is -0.115. The van der Waals surface area contributed by atoms with Gasteiger partial charge in [0.2, 0.25) is 0 Å². The molecule has 6 heteroatoms. The van der Waals surface area contributed by atoms with Gasteiger partial charge >= 0.3 is 0 Å². The molecule has 3 rings (SSSR count). The zero-order chi connectivity index (χ0) is 17.6. The number of nitrogens with zero attached hydrogens (tertiary/aromatic N) is 1. The second-order valence-corrected chi connectivity index (χ2v) is 6.99. The van der Waals surface area contributed by atoms with Crippen LogP contribution in [0.25, 0.3) is 11.6 Å². The van der Waals surface area contributed by atoms with Crippen LogP contribution in [0.15, 0.2) is 23.9 Å². The number of hydrogen-bond acceptors (Lipinski definition) is 3. The van der Waals surface area contributed by atoms with Crippen molar-refractivity contribution in [3.05, 3.63) is 40.8 Å². The smallest absolute Gasteiger partial charge is 0.273 e. The Morgan fingerprint density at radius 1 is 1.33 bits per heavy atom. The van der Waals surface area contributed by atoms with E-state index in [0.717, 1.165) is 23.4 Å². The van der Waals surface area contributed by atoms with Crippen LogP contribution in [0.4, 0.5) is 10.1 Å². The molecule has 0 unspecified atom stereocenters. The first-order valence-electron chi connectivity index (χ1n) is 7.88. The molecule has 0 bridgehead atoms. The third-order valence-corrected chi connectivity index (χ3v) is 4.64. The predicted molar refractivity (Wildman–Crippen MR) is 99.0 cm³/mol. The fourth-order valence-electron chi connectivity index (χ4n) is 3.44. The summed E-state index contributed by atoms with van der Waals surface area (Å²) in [7, 11) is 0. The molecule has 0 aromatic heterocycles. The van der Waals surface area contributed by atoms with Crippen LogP contribution < -0.4 is 15.5 Å². The standard InChI is InChI=1S/C18H20FN3OS/c1-5-22-15-8-13(19)11(7-14-16(23)21-17(24)20-14)6-12(15)10(2)9-18(22,3)4/h6-9H,5H2,1-4H3,(H2,20,21,23,24)/b14-7-. The molecule has 1 aromatic rings. The summed E-state index contributed by atoms with van der Waals surface area (Å²) in [5, 5.41) is 5.46. The highest BCUT2D eigenvalue weighted by Crippen LogP contribution is 2.40. The van der Waals surface area contributed by atoms with Crippen molar-refractivity contribution in [2.24, 2.45) is 0 Å². The van der Waals surface area contributed by atoms with Crippen molar-refractivity contribution in [2.45, 2.75) is 33.2 Å². The highest BCUT2D eigenvalue weighted by Gasteiger charge is 2.31. The Bertz CT molecular complexity index is 811. The number of allylic oxidation sites excluding steroid dienone is 1. The van der Waals surface area contributed by atoms with Gasteiger partial charge in [0.25, 0.3) is 5.91 Å². The highest BCUT2D eigenvalue weighted by molar-refractivity contribution is 7.80. The van der Waals surface area contributed by atoms with Crippen LogP contribution in [0.3, 0.4) is 0 Å². The molecule has 0 aliphatic carbocycles. The van der Waals surface area contributed by atoms with Gasteiger partial charge in [-0.15, -0.1) is 0 Å². The lowest BCUT2D eigenvalue weighted by Gasteiger charge is -2.42. The van der Waals surface area contributed by atoms with E-state index in [-0.39, 0.29) is 28.1 Å². The molecule has 2 aliphatic rings. The van der Waals surface area contributed by atoms with E-state index < -0.39 is 0 Å². The van der Waals surface area contributed by atoms with Crippen LogP contribution in [-0.4, -0.2) is 23.1 Å². The van der Waals surface area contributed by atoms with Crippen molar-refractivity contribution in [1.82, 2.24) is 10.6 Å². The first-order valence-corrected chi connectivity index (χ1v) is 8.29. The molecule has 2 N–H and O–H groups in total. The predicted octanol–water partition coefficient (Wildman–Crippen LogP) is 3.19. The number of halogens is 1. The molecule has 4 nitrogen and oxygen atoms in total. The van der Waals surface area contributed by atoms with Crippen LogP contribution in [0.1, 0.15) is 38.8 Å². The zero-order valence-corrected chi connectivity index (χ0v) is 15.0. The molecular formula is C18H20FN3OS. The zero-order valence-electron chi connectivity index (χ0n) is 14.2. The first-order chi connectivity index (χ1) is 11.2. The minimum absolute atomic E-state index is 0.169. The minimum Gasteiger partial charge on any atom is -0.363 e. The van der Waals surface area contributed by atoms with Crippen LogP contribution >= 0.6 is 12.2 Å². The minimum atomic E-state index is -0.363. The normalized spacial score (nSPS) is 20.6. The van der Waals surface area contributed by atoms with Gasteiger partial charge in [0.1, 0.15) is 11.5 Å². The molecular weight excluding hydrogens is 325 g/mol. The average molecular weight is 345 g/mol. The quantitative estimate of drug-likeness (QED) is 0.638. The van der Waals surface area contributed by atoms with E-state index in [4.69, 9.17) is 12.2 Å². The van der Waals surface area contributed by atoms with Crippen LogP contribution in [-0.2, 0) is 4.79 Å². The van der Waals surface area contributed by atoms with Gasteiger partial charge < -0.3 is 10.2 Å². The molecule has 0 spiro atoms. The Labute approximate surface area is 146 Å². The molecule has 2 heterocycles. The molecule has 1 fully saturated rings. The number of likely N-dealkylation sites (N-methyl/N-ethyl adjacent to an activating group) is 1. The van der Waals surface area contributed by atoms with Crippen molar-refractivity contribution in [1.29, 1.82) is 0 Å². The number of amides is 1. The number of rotatable bonds is 2. The summed E-state index contributed by atoms with van der Waals surface area (Å²) in [5.74, 6) is -0.710. The Balaban J connectivity index is 2.11. The largest absolute Gasteiger partial charge is 0.363 e. The summed E-state index contributed by atoms with van der Waals surface area (Å²) >= 11 is 4.90. The topological polar surface area (TPSA) is 44.4 Å². The van der Waals surface area contributed by atoms with E-state index in [1.54, 1.807) is 12.1 Å². The van der Waals surface area contributed by atoms with E-state index in [9.17, 15) is 9.18 Å². The molecule has 0 atom stereocenters. The molecule has 0 radical (unpaired) electrons. The second kappa shape index (κ2) is 5.70. The summed E-state index contributed by atoms with van der Waals surface area (Å²) in [6.45, 7) is 9.09. The summed E-state index contributed by atoms with van der Waals surface area (Å²) in [6.07, 6.45) is 3.68. The number of fused-ring (bicyclic) bond motifs is 1. The number of hydrogen-bond donors (Lipinski definition) is 2. The molecule has 24 heavy (non-hydrogen) atoms. The molecule has 1 aromatic carbocycles. The van der Waals surface area contributed by atoms with E-state index in [1.165, 1.54) is 6.08 Å². The van der Waals surface area contributed by atoms with Crippen LogP contribution in [0.5, 0.6) is 0 Å². The van der Waals surface area contributed by atoms with Gasteiger partial charge in [-0.3, -0.25) is 10.1 Å². The van der Waals surface area contributed by atoms with E-state index >= 15 is 0 Å². The maximum atomic E-state index is 14.7. The summed E-state index contributed by atoms with van der Waals surface area (Å²) in [4.78, 5) is 13.9. The molecule has 126 valence electrons.